The number of carbonyl (C=O) groups excluding carboxylic acids is 1. The van der Waals surface area contributed by atoms with Gasteiger partial charge in [-0.2, -0.15) is 5.10 Å². The molecule has 122 valence electrons. The molecule has 3 heterocycles. The van der Waals surface area contributed by atoms with Gasteiger partial charge in [0.15, 0.2) is 0 Å². The highest BCUT2D eigenvalue weighted by molar-refractivity contribution is 5.78. The van der Waals surface area contributed by atoms with Crippen LogP contribution in [0.3, 0.4) is 0 Å². The van der Waals surface area contributed by atoms with Gasteiger partial charge >= 0.3 is 0 Å². The fraction of sp³-hybridized carbons (Fsp3) is 0.278. The minimum Gasteiger partial charge on any atom is -0.459 e. The van der Waals surface area contributed by atoms with Crippen molar-refractivity contribution in [1.29, 1.82) is 0 Å². The molecule has 1 unspecified atom stereocenters. The van der Waals surface area contributed by atoms with E-state index in [-0.39, 0.29) is 11.8 Å². The summed E-state index contributed by atoms with van der Waals surface area (Å²) in [6.45, 7) is 0.987. The lowest BCUT2D eigenvalue weighted by atomic mass is 9.99. The molecule has 0 aliphatic carbocycles. The van der Waals surface area contributed by atoms with E-state index >= 15 is 0 Å². The molecule has 0 spiro atoms. The maximum absolute atomic E-state index is 12.4. The first-order valence-corrected chi connectivity index (χ1v) is 8.08. The number of nitrogens with zero attached hydrogens (tertiary/aromatic N) is 3. The van der Waals surface area contributed by atoms with Crippen LogP contribution in [0.15, 0.2) is 53.2 Å². The standard InChI is InChI=1S/C18H18N4O2/c23-18(14-6-9-17-20-12-21-22(17)11-14)19-10-15-7-8-16(24-15)13-4-2-1-3-5-13/h1-5,7-8,12,14H,6,9-11H2,(H,19,23). The Bertz CT molecular complexity index is 838. The van der Waals surface area contributed by atoms with Crippen molar-refractivity contribution in [2.45, 2.75) is 25.9 Å². The lowest BCUT2D eigenvalue weighted by Gasteiger charge is -2.21. The number of furan rings is 1. The smallest absolute Gasteiger partial charge is 0.225 e. The summed E-state index contributed by atoms with van der Waals surface area (Å²) in [6.07, 6.45) is 3.14. The first kappa shape index (κ1) is 14.7. The van der Waals surface area contributed by atoms with Crippen LogP contribution in [0.5, 0.6) is 0 Å². The number of carbonyl (C=O) groups is 1. The zero-order valence-corrected chi connectivity index (χ0v) is 13.2. The Balaban J connectivity index is 1.36. The molecule has 6 heteroatoms. The lowest BCUT2D eigenvalue weighted by molar-refractivity contribution is -0.126. The van der Waals surface area contributed by atoms with E-state index < -0.39 is 0 Å². The van der Waals surface area contributed by atoms with Crippen molar-refractivity contribution in [1.82, 2.24) is 20.1 Å². The highest BCUT2D eigenvalue weighted by Gasteiger charge is 2.25. The highest BCUT2D eigenvalue weighted by Crippen LogP contribution is 2.22. The molecule has 24 heavy (non-hydrogen) atoms. The SMILES string of the molecule is O=C(NCc1ccc(-c2ccccc2)o1)C1CCc2ncnn2C1. The quantitative estimate of drug-likeness (QED) is 0.800. The molecule has 6 nitrogen and oxygen atoms in total. The zero-order valence-electron chi connectivity index (χ0n) is 13.2. The van der Waals surface area contributed by atoms with E-state index in [1.807, 2.05) is 47.1 Å². The van der Waals surface area contributed by atoms with E-state index in [4.69, 9.17) is 4.42 Å². The van der Waals surface area contributed by atoms with Crippen LogP contribution in [0.25, 0.3) is 11.3 Å². The largest absolute Gasteiger partial charge is 0.459 e. The molecule has 1 aliphatic rings. The fourth-order valence-corrected chi connectivity index (χ4v) is 3.00. The number of rotatable bonds is 4. The van der Waals surface area contributed by atoms with Gasteiger partial charge in [0.1, 0.15) is 23.7 Å². The van der Waals surface area contributed by atoms with E-state index in [2.05, 4.69) is 15.4 Å². The van der Waals surface area contributed by atoms with Crippen LogP contribution in [0.2, 0.25) is 0 Å². The Hall–Kier alpha value is -2.89. The van der Waals surface area contributed by atoms with Crippen LogP contribution in [0.4, 0.5) is 0 Å². The number of aromatic nitrogens is 3. The van der Waals surface area contributed by atoms with Crippen molar-refractivity contribution in [2.24, 2.45) is 5.92 Å². The minimum absolute atomic E-state index is 0.0359. The third kappa shape index (κ3) is 2.95. The predicted octanol–water partition coefficient (Wildman–Crippen LogP) is 2.42. The van der Waals surface area contributed by atoms with Gasteiger partial charge in [0.25, 0.3) is 0 Å². The monoisotopic (exact) mass is 322 g/mol. The van der Waals surface area contributed by atoms with Crippen LogP contribution in [-0.4, -0.2) is 20.7 Å². The van der Waals surface area contributed by atoms with Crippen LogP contribution >= 0.6 is 0 Å². The topological polar surface area (TPSA) is 73.0 Å². The molecule has 1 N–H and O–H groups in total. The van der Waals surface area contributed by atoms with Crippen molar-refractivity contribution in [3.05, 3.63) is 60.4 Å². The van der Waals surface area contributed by atoms with E-state index in [0.29, 0.717) is 13.1 Å². The third-order valence-electron chi connectivity index (χ3n) is 4.33. The molecule has 0 bridgehead atoms. The second-order valence-corrected chi connectivity index (χ2v) is 5.94. The molecule has 3 aromatic rings. The van der Waals surface area contributed by atoms with Crippen LogP contribution in [0.1, 0.15) is 18.0 Å². The summed E-state index contributed by atoms with van der Waals surface area (Å²) in [5.41, 5.74) is 1.03. The second kappa shape index (κ2) is 6.31. The normalized spacial score (nSPS) is 16.6. The van der Waals surface area contributed by atoms with E-state index in [9.17, 15) is 4.79 Å². The average molecular weight is 322 g/mol. The molecule has 2 aromatic heterocycles. The molecule has 4 rings (SSSR count). The summed E-state index contributed by atoms with van der Waals surface area (Å²) in [5, 5.41) is 7.11. The Morgan fingerprint density at radius 3 is 3.00 bits per heavy atom. The van der Waals surface area contributed by atoms with Crippen molar-refractivity contribution in [2.75, 3.05) is 0 Å². The fourth-order valence-electron chi connectivity index (χ4n) is 3.00. The molecule has 1 aromatic carbocycles. The van der Waals surface area contributed by atoms with E-state index in [1.54, 1.807) is 6.33 Å². The lowest BCUT2D eigenvalue weighted by Crippen LogP contribution is -2.36. The summed E-state index contributed by atoms with van der Waals surface area (Å²) >= 11 is 0. The van der Waals surface area contributed by atoms with Gasteiger partial charge < -0.3 is 9.73 Å². The Morgan fingerprint density at radius 2 is 2.12 bits per heavy atom. The van der Waals surface area contributed by atoms with Gasteiger partial charge in [0.05, 0.1) is 19.0 Å². The molecule has 0 saturated carbocycles. The maximum atomic E-state index is 12.4. The molecule has 0 fully saturated rings. The van der Waals surface area contributed by atoms with Crippen molar-refractivity contribution >= 4 is 5.91 Å². The van der Waals surface area contributed by atoms with Crippen molar-refractivity contribution in [3.8, 4) is 11.3 Å². The third-order valence-corrected chi connectivity index (χ3v) is 4.33. The zero-order chi connectivity index (χ0) is 16.4. The first-order chi connectivity index (χ1) is 11.8. The molecular weight excluding hydrogens is 304 g/mol. The number of hydrogen-bond acceptors (Lipinski definition) is 4. The van der Waals surface area contributed by atoms with Crippen LogP contribution in [-0.2, 0) is 24.3 Å². The molecule has 0 saturated heterocycles. The Kier molecular flexibility index (Phi) is 3.86. The molecule has 0 radical (unpaired) electrons. The van der Waals surface area contributed by atoms with Gasteiger partial charge in [-0.25, -0.2) is 9.67 Å². The first-order valence-electron chi connectivity index (χ1n) is 8.08. The summed E-state index contributed by atoms with van der Waals surface area (Å²) in [6, 6.07) is 13.7. The average Bonchev–Trinajstić information content (AvgIpc) is 3.29. The number of fused-ring (bicyclic) bond motifs is 1. The van der Waals surface area contributed by atoms with Gasteiger partial charge in [-0.05, 0) is 18.6 Å². The van der Waals surface area contributed by atoms with Gasteiger partial charge in [-0.3, -0.25) is 4.79 Å². The van der Waals surface area contributed by atoms with Gasteiger partial charge in [-0.1, -0.05) is 30.3 Å². The molecule has 1 aliphatic heterocycles. The second-order valence-electron chi connectivity index (χ2n) is 5.94. The summed E-state index contributed by atoms with van der Waals surface area (Å²) in [5.74, 6) is 2.48. The summed E-state index contributed by atoms with van der Waals surface area (Å²) in [7, 11) is 0. The molecule has 1 amide bonds. The number of amides is 1. The van der Waals surface area contributed by atoms with Gasteiger partial charge in [0, 0.05) is 12.0 Å². The maximum Gasteiger partial charge on any atom is 0.225 e. The number of benzene rings is 1. The van der Waals surface area contributed by atoms with Crippen molar-refractivity contribution < 1.29 is 9.21 Å². The molecule has 1 atom stereocenters. The van der Waals surface area contributed by atoms with E-state index in [1.165, 1.54) is 0 Å². The number of nitrogens with one attached hydrogen (secondary N) is 1. The minimum atomic E-state index is -0.0669. The van der Waals surface area contributed by atoms with Gasteiger partial charge in [0.2, 0.25) is 5.91 Å². The van der Waals surface area contributed by atoms with E-state index in [0.717, 1.165) is 35.7 Å². The van der Waals surface area contributed by atoms with Crippen LogP contribution < -0.4 is 5.32 Å². The number of hydrogen-bond donors (Lipinski definition) is 1. The van der Waals surface area contributed by atoms with Crippen LogP contribution in [0, 0.1) is 5.92 Å². The molecular formula is C18H18N4O2. The Morgan fingerprint density at radius 1 is 1.25 bits per heavy atom. The summed E-state index contributed by atoms with van der Waals surface area (Å²) in [4.78, 5) is 16.5. The van der Waals surface area contributed by atoms with Gasteiger partial charge in [-0.15, -0.1) is 0 Å². The Labute approximate surface area is 139 Å². The number of aryl methyl sites for hydroxylation is 1. The predicted molar refractivity (Wildman–Crippen MR) is 87.8 cm³/mol. The summed E-state index contributed by atoms with van der Waals surface area (Å²) < 4.78 is 7.62. The highest BCUT2D eigenvalue weighted by atomic mass is 16.3. The van der Waals surface area contributed by atoms with Crippen molar-refractivity contribution in [3.63, 3.8) is 0 Å².